The van der Waals surface area contributed by atoms with Crippen LogP contribution in [0.5, 0.6) is 0 Å². The number of nitrogens with one attached hydrogen (secondary N) is 1. The highest BCUT2D eigenvalue weighted by Gasteiger charge is 2.13. The van der Waals surface area contributed by atoms with Crippen molar-refractivity contribution < 1.29 is 4.79 Å². The van der Waals surface area contributed by atoms with Crippen molar-refractivity contribution in [3.05, 3.63) is 70.3 Å². The van der Waals surface area contributed by atoms with Gasteiger partial charge in [0.05, 0.1) is 10.9 Å². The van der Waals surface area contributed by atoms with Crippen molar-refractivity contribution in [3.63, 3.8) is 0 Å². The summed E-state index contributed by atoms with van der Waals surface area (Å²) in [6, 6.07) is 14.9. The lowest BCUT2D eigenvalue weighted by Crippen LogP contribution is -2.30. The summed E-state index contributed by atoms with van der Waals surface area (Å²) in [6.45, 7) is 5.83. The fraction of sp³-hybridized carbons (Fsp3) is 0.250. The van der Waals surface area contributed by atoms with Crippen LogP contribution in [-0.4, -0.2) is 15.5 Å². The van der Waals surface area contributed by atoms with Gasteiger partial charge in [-0.05, 0) is 36.6 Å². The predicted octanol–water partition coefficient (Wildman–Crippen LogP) is 3.47. The number of carbonyl (C=O) groups is 1. The van der Waals surface area contributed by atoms with Gasteiger partial charge in [-0.3, -0.25) is 14.2 Å². The Bertz CT molecular complexity index is 990. The molecular weight excluding hydrogens is 314 g/mol. The second kappa shape index (κ2) is 6.89. The van der Waals surface area contributed by atoms with Crippen LogP contribution in [0.25, 0.3) is 10.9 Å². The van der Waals surface area contributed by atoms with Crippen molar-refractivity contribution in [3.8, 4) is 0 Å². The van der Waals surface area contributed by atoms with Crippen LogP contribution in [0.4, 0.5) is 5.69 Å². The number of hydrogen-bond donors (Lipinski definition) is 1. The molecule has 1 heterocycles. The minimum absolute atomic E-state index is 0.0606. The summed E-state index contributed by atoms with van der Waals surface area (Å²) >= 11 is 0. The normalized spacial score (nSPS) is 11.0. The molecule has 0 aliphatic rings. The molecule has 0 saturated heterocycles. The van der Waals surface area contributed by atoms with E-state index in [1.165, 1.54) is 4.57 Å². The first-order valence-electron chi connectivity index (χ1n) is 8.32. The van der Waals surface area contributed by atoms with Gasteiger partial charge in [0, 0.05) is 5.69 Å². The molecule has 128 valence electrons. The summed E-state index contributed by atoms with van der Waals surface area (Å²) in [4.78, 5) is 29.6. The summed E-state index contributed by atoms with van der Waals surface area (Å²) in [5, 5.41) is 3.43. The summed E-state index contributed by atoms with van der Waals surface area (Å²) in [7, 11) is 0. The SMILES string of the molecule is Cc1nc2ccccc2c(=O)n1CC(=O)Nc1ccccc1C(C)C. The van der Waals surface area contributed by atoms with E-state index in [9.17, 15) is 9.59 Å². The van der Waals surface area contributed by atoms with Gasteiger partial charge < -0.3 is 5.32 Å². The van der Waals surface area contributed by atoms with Crippen molar-refractivity contribution in [2.45, 2.75) is 33.2 Å². The van der Waals surface area contributed by atoms with Crippen molar-refractivity contribution in [1.29, 1.82) is 0 Å². The van der Waals surface area contributed by atoms with Gasteiger partial charge in [0.2, 0.25) is 5.91 Å². The molecule has 0 aliphatic carbocycles. The minimum Gasteiger partial charge on any atom is -0.324 e. The van der Waals surface area contributed by atoms with Gasteiger partial charge in [0.15, 0.2) is 0 Å². The number of para-hydroxylation sites is 2. The van der Waals surface area contributed by atoms with E-state index < -0.39 is 0 Å². The third-order valence-electron chi connectivity index (χ3n) is 4.21. The van der Waals surface area contributed by atoms with Gasteiger partial charge in [-0.2, -0.15) is 0 Å². The average Bonchev–Trinajstić information content (AvgIpc) is 2.59. The second-order valence-electron chi connectivity index (χ2n) is 6.36. The topological polar surface area (TPSA) is 64.0 Å². The van der Waals surface area contributed by atoms with Crippen LogP contribution in [0.3, 0.4) is 0 Å². The van der Waals surface area contributed by atoms with E-state index in [2.05, 4.69) is 24.1 Å². The Kier molecular flexibility index (Phi) is 4.65. The molecule has 0 radical (unpaired) electrons. The van der Waals surface area contributed by atoms with Gasteiger partial charge in [0.1, 0.15) is 12.4 Å². The lowest BCUT2D eigenvalue weighted by atomic mass is 10.0. The molecule has 5 heteroatoms. The van der Waals surface area contributed by atoms with Crippen molar-refractivity contribution >= 4 is 22.5 Å². The maximum Gasteiger partial charge on any atom is 0.261 e. The Morgan fingerprint density at radius 1 is 1.12 bits per heavy atom. The molecule has 5 nitrogen and oxygen atoms in total. The largest absolute Gasteiger partial charge is 0.324 e. The zero-order valence-electron chi connectivity index (χ0n) is 14.6. The fourth-order valence-electron chi connectivity index (χ4n) is 2.91. The fourth-order valence-corrected chi connectivity index (χ4v) is 2.91. The van der Waals surface area contributed by atoms with Gasteiger partial charge in [0.25, 0.3) is 5.56 Å². The van der Waals surface area contributed by atoms with Crippen LogP contribution in [-0.2, 0) is 11.3 Å². The molecule has 25 heavy (non-hydrogen) atoms. The number of amides is 1. The van der Waals surface area contributed by atoms with Crippen molar-refractivity contribution in [2.75, 3.05) is 5.32 Å². The highest BCUT2D eigenvalue weighted by molar-refractivity contribution is 5.91. The molecule has 0 saturated carbocycles. The van der Waals surface area contributed by atoms with Crippen molar-refractivity contribution in [2.24, 2.45) is 0 Å². The number of aromatic nitrogens is 2. The number of carbonyl (C=O) groups excluding carboxylic acids is 1. The summed E-state index contributed by atoms with van der Waals surface area (Å²) in [6.07, 6.45) is 0. The lowest BCUT2D eigenvalue weighted by Gasteiger charge is -2.15. The van der Waals surface area contributed by atoms with Gasteiger partial charge in [-0.1, -0.05) is 44.2 Å². The standard InChI is InChI=1S/C20H21N3O2/c1-13(2)15-8-4-6-10-17(15)22-19(24)12-23-14(3)21-18-11-7-5-9-16(18)20(23)25/h4-11,13H,12H2,1-3H3,(H,22,24). The zero-order valence-corrected chi connectivity index (χ0v) is 14.6. The van der Waals surface area contributed by atoms with E-state index in [1.807, 2.05) is 30.3 Å². The molecule has 0 fully saturated rings. The smallest absolute Gasteiger partial charge is 0.261 e. The highest BCUT2D eigenvalue weighted by atomic mass is 16.2. The summed E-state index contributed by atoms with van der Waals surface area (Å²) in [5.41, 5.74) is 2.29. The Labute approximate surface area is 146 Å². The molecule has 2 aromatic carbocycles. The molecule has 1 amide bonds. The maximum absolute atomic E-state index is 12.7. The van der Waals surface area contributed by atoms with Crippen molar-refractivity contribution in [1.82, 2.24) is 9.55 Å². The van der Waals surface area contributed by atoms with E-state index in [1.54, 1.807) is 25.1 Å². The Balaban J connectivity index is 1.90. The van der Waals surface area contributed by atoms with E-state index in [4.69, 9.17) is 0 Å². The molecule has 1 N–H and O–H groups in total. The number of nitrogens with zero attached hydrogens (tertiary/aromatic N) is 2. The van der Waals surface area contributed by atoms with Gasteiger partial charge in [-0.25, -0.2) is 4.98 Å². The number of benzene rings is 2. The maximum atomic E-state index is 12.7. The molecule has 0 bridgehead atoms. The predicted molar refractivity (Wildman–Crippen MR) is 99.9 cm³/mol. The number of rotatable bonds is 4. The summed E-state index contributed by atoms with van der Waals surface area (Å²) < 4.78 is 1.41. The highest BCUT2D eigenvalue weighted by Crippen LogP contribution is 2.23. The Morgan fingerprint density at radius 3 is 2.56 bits per heavy atom. The first kappa shape index (κ1) is 16.9. The third kappa shape index (κ3) is 3.45. The minimum atomic E-state index is -0.240. The van der Waals surface area contributed by atoms with Crippen LogP contribution in [0.15, 0.2) is 53.3 Å². The van der Waals surface area contributed by atoms with Gasteiger partial charge >= 0.3 is 0 Å². The first-order valence-corrected chi connectivity index (χ1v) is 8.32. The lowest BCUT2D eigenvalue weighted by molar-refractivity contribution is -0.116. The molecule has 0 unspecified atom stereocenters. The van der Waals surface area contributed by atoms with Crippen LogP contribution in [0.1, 0.15) is 31.2 Å². The van der Waals surface area contributed by atoms with E-state index in [-0.39, 0.29) is 18.0 Å². The molecule has 3 rings (SSSR count). The van der Waals surface area contributed by atoms with E-state index in [0.717, 1.165) is 11.3 Å². The van der Waals surface area contributed by atoms with Gasteiger partial charge in [-0.15, -0.1) is 0 Å². The molecule has 1 aromatic heterocycles. The van der Waals surface area contributed by atoms with Crippen LogP contribution < -0.4 is 10.9 Å². The number of fused-ring (bicyclic) bond motifs is 1. The summed E-state index contributed by atoms with van der Waals surface area (Å²) in [5.74, 6) is 0.578. The molecule has 0 atom stereocenters. The van der Waals surface area contributed by atoms with Crippen LogP contribution >= 0.6 is 0 Å². The molecule has 3 aromatic rings. The van der Waals surface area contributed by atoms with E-state index in [0.29, 0.717) is 22.6 Å². The monoisotopic (exact) mass is 335 g/mol. The average molecular weight is 335 g/mol. The zero-order chi connectivity index (χ0) is 18.0. The quantitative estimate of drug-likeness (QED) is 0.794. The molecule has 0 spiro atoms. The number of aryl methyl sites for hydroxylation is 1. The molecular formula is C20H21N3O2. The van der Waals surface area contributed by atoms with E-state index >= 15 is 0 Å². The third-order valence-corrected chi connectivity index (χ3v) is 4.21. The Morgan fingerprint density at radius 2 is 1.80 bits per heavy atom. The van der Waals surface area contributed by atoms with Crippen LogP contribution in [0, 0.1) is 6.92 Å². The number of hydrogen-bond acceptors (Lipinski definition) is 3. The Hall–Kier alpha value is -2.95. The number of anilines is 1. The molecule has 0 aliphatic heterocycles. The van der Waals surface area contributed by atoms with Crippen LogP contribution in [0.2, 0.25) is 0 Å². The first-order chi connectivity index (χ1) is 12.0. The second-order valence-corrected chi connectivity index (χ2v) is 6.36.